The lowest BCUT2D eigenvalue weighted by Crippen LogP contribution is -2.21. The summed E-state index contributed by atoms with van der Waals surface area (Å²) in [4.78, 5) is 0. The topological polar surface area (TPSA) is 12.0 Å². The largest absolute Gasteiger partial charge is 0.310 e. The van der Waals surface area contributed by atoms with Gasteiger partial charge in [-0.05, 0) is 55.6 Å². The third-order valence-corrected chi connectivity index (χ3v) is 3.86. The van der Waals surface area contributed by atoms with Crippen LogP contribution >= 0.6 is 11.6 Å². The summed E-state index contributed by atoms with van der Waals surface area (Å²) in [6.07, 6.45) is 0.965. The molecular formula is C17H19ClFN. The van der Waals surface area contributed by atoms with E-state index < -0.39 is 0 Å². The molecule has 0 fully saturated rings. The fourth-order valence-corrected chi connectivity index (χ4v) is 2.33. The highest BCUT2D eigenvalue weighted by Gasteiger charge is 2.08. The van der Waals surface area contributed by atoms with Gasteiger partial charge in [-0.1, -0.05) is 41.9 Å². The number of nitrogens with one attached hydrogen (secondary N) is 1. The highest BCUT2D eigenvalue weighted by molar-refractivity contribution is 6.30. The van der Waals surface area contributed by atoms with E-state index >= 15 is 0 Å². The van der Waals surface area contributed by atoms with Crippen molar-refractivity contribution in [3.05, 3.63) is 70.0 Å². The van der Waals surface area contributed by atoms with Gasteiger partial charge in [-0.15, -0.1) is 0 Å². The van der Waals surface area contributed by atoms with Crippen LogP contribution in [0.5, 0.6) is 0 Å². The summed E-state index contributed by atoms with van der Waals surface area (Å²) >= 11 is 5.69. The lowest BCUT2D eigenvalue weighted by Gasteiger charge is -2.15. The Balaban J connectivity index is 1.90. The van der Waals surface area contributed by atoms with Crippen molar-refractivity contribution in [2.45, 2.75) is 26.3 Å². The minimum absolute atomic E-state index is 0.103. The Morgan fingerprint density at radius 3 is 2.65 bits per heavy atom. The highest BCUT2D eigenvalue weighted by Crippen LogP contribution is 2.20. The van der Waals surface area contributed by atoms with Crippen LogP contribution in [0, 0.1) is 12.7 Å². The number of rotatable bonds is 5. The van der Waals surface area contributed by atoms with E-state index in [1.54, 1.807) is 6.07 Å². The third-order valence-electron chi connectivity index (χ3n) is 3.55. The summed E-state index contributed by atoms with van der Waals surface area (Å²) in [6.45, 7) is 5.00. The van der Waals surface area contributed by atoms with Crippen molar-refractivity contribution in [2.75, 3.05) is 6.54 Å². The summed E-state index contributed by atoms with van der Waals surface area (Å²) in [5.74, 6) is -0.364. The van der Waals surface area contributed by atoms with Crippen molar-refractivity contribution in [1.29, 1.82) is 0 Å². The molecule has 0 amide bonds. The van der Waals surface area contributed by atoms with Crippen molar-refractivity contribution >= 4 is 11.6 Å². The first-order valence-electron chi connectivity index (χ1n) is 6.81. The lowest BCUT2D eigenvalue weighted by atomic mass is 10.0. The van der Waals surface area contributed by atoms with Crippen molar-refractivity contribution in [3.63, 3.8) is 0 Å². The average molecular weight is 292 g/mol. The molecule has 0 aliphatic rings. The quantitative estimate of drug-likeness (QED) is 0.843. The Morgan fingerprint density at radius 2 is 1.95 bits per heavy atom. The van der Waals surface area contributed by atoms with Crippen LogP contribution in [0.4, 0.5) is 4.39 Å². The summed E-state index contributed by atoms with van der Waals surface area (Å²) in [5, 5.41) is 3.58. The van der Waals surface area contributed by atoms with Crippen LogP contribution in [-0.4, -0.2) is 6.54 Å². The number of hydrogen-bond donors (Lipinski definition) is 1. The monoisotopic (exact) mass is 291 g/mol. The third kappa shape index (κ3) is 3.81. The predicted molar refractivity (Wildman–Crippen MR) is 82.7 cm³/mol. The number of hydrogen-bond acceptors (Lipinski definition) is 1. The Bertz CT molecular complexity index is 583. The van der Waals surface area contributed by atoms with E-state index in [4.69, 9.17) is 11.6 Å². The van der Waals surface area contributed by atoms with Crippen molar-refractivity contribution < 1.29 is 4.39 Å². The van der Waals surface area contributed by atoms with E-state index in [-0.39, 0.29) is 16.9 Å². The molecule has 0 saturated heterocycles. The highest BCUT2D eigenvalue weighted by atomic mass is 35.5. The van der Waals surface area contributed by atoms with Gasteiger partial charge in [-0.3, -0.25) is 0 Å². The van der Waals surface area contributed by atoms with Gasteiger partial charge in [0.05, 0.1) is 5.02 Å². The molecule has 2 aromatic carbocycles. The number of halogens is 2. The summed E-state index contributed by atoms with van der Waals surface area (Å²) in [6, 6.07) is 13.4. The van der Waals surface area contributed by atoms with Crippen LogP contribution in [-0.2, 0) is 6.42 Å². The van der Waals surface area contributed by atoms with Crippen LogP contribution in [0.15, 0.2) is 42.5 Å². The predicted octanol–water partition coefficient (Wildman–Crippen LogP) is 4.68. The average Bonchev–Trinajstić information content (AvgIpc) is 2.44. The first-order chi connectivity index (χ1) is 9.58. The second kappa shape index (κ2) is 6.87. The molecule has 106 valence electrons. The van der Waals surface area contributed by atoms with Gasteiger partial charge in [0.25, 0.3) is 0 Å². The van der Waals surface area contributed by atoms with E-state index in [9.17, 15) is 4.39 Å². The van der Waals surface area contributed by atoms with Crippen molar-refractivity contribution in [1.82, 2.24) is 5.32 Å². The molecule has 0 heterocycles. The molecule has 0 aliphatic heterocycles. The molecule has 1 atom stereocenters. The SMILES string of the molecule is Cc1ccccc1CCNC(C)c1ccc(Cl)c(F)c1. The van der Waals surface area contributed by atoms with Gasteiger partial charge in [0.15, 0.2) is 0 Å². The Kier molecular flexibility index (Phi) is 5.16. The number of benzene rings is 2. The maximum Gasteiger partial charge on any atom is 0.142 e. The van der Waals surface area contributed by atoms with Crippen molar-refractivity contribution in [3.8, 4) is 0 Å². The molecule has 0 radical (unpaired) electrons. The molecule has 0 saturated carbocycles. The molecule has 2 aromatic rings. The first-order valence-corrected chi connectivity index (χ1v) is 7.18. The zero-order valence-corrected chi connectivity index (χ0v) is 12.5. The fraction of sp³-hybridized carbons (Fsp3) is 0.294. The Morgan fingerprint density at radius 1 is 1.20 bits per heavy atom. The van der Waals surface area contributed by atoms with Crippen LogP contribution in [0.3, 0.4) is 0 Å². The summed E-state index contributed by atoms with van der Waals surface area (Å²) in [7, 11) is 0. The normalized spacial score (nSPS) is 12.4. The zero-order valence-electron chi connectivity index (χ0n) is 11.8. The van der Waals surface area contributed by atoms with Crippen molar-refractivity contribution in [2.24, 2.45) is 0 Å². The van der Waals surface area contributed by atoms with E-state index in [1.165, 1.54) is 17.2 Å². The molecule has 3 heteroatoms. The smallest absolute Gasteiger partial charge is 0.142 e. The molecular weight excluding hydrogens is 273 g/mol. The molecule has 0 aliphatic carbocycles. The maximum absolute atomic E-state index is 13.4. The van der Waals surface area contributed by atoms with E-state index in [1.807, 2.05) is 19.1 Å². The first kappa shape index (κ1) is 15.0. The van der Waals surface area contributed by atoms with Crippen LogP contribution in [0.25, 0.3) is 0 Å². The minimum Gasteiger partial charge on any atom is -0.310 e. The molecule has 20 heavy (non-hydrogen) atoms. The maximum atomic E-state index is 13.4. The zero-order chi connectivity index (χ0) is 14.5. The van der Waals surface area contributed by atoms with Crippen LogP contribution < -0.4 is 5.32 Å². The summed E-state index contributed by atoms with van der Waals surface area (Å²) in [5.41, 5.74) is 3.56. The molecule has 1 nitrogen and oxygen atoms in total. The van der Waals surface area contributed by atoms with Gasteiger partial charge >= 0.3 is 0 Å². The molecule has 0 spiro atoms. The van der Waals surface area contributed by atoms with E-state index in [0.29, 0.717) is 0 Å². The lowest BCUT2D eigenvalue weighted by molar-refractivity contribution is 0.567. The fourth-order valence-electron chi connectivity index (χ4n) is 2.21. The van der Waals surface area contributed by atoms with Gasteiger partial charge in [0.1, 0.15) is 5.82 Å². The molecule has 0 bridgehead atoms. The van der Waals surface area contributed by atoms with Gasteiger partial charge in [-0.25, -0.2) is 4.39 Å². The summed E-state index contributed by atoms with van der Waals surface area (Å²) < 4.78 is 13.4. The Labute approximate surface area is 124 Å². The molecule has 1 unspecified atom stereocenters. The second-order valence-corrected chi connectivity index (χ2v) is 5.43. The Hall–Kier alpha value is -1.38. The standard InChI is InChI=1S/C17H19ClFN/c1-12-5-3-4-6-14(12)9-10-20-13(2)15-7-8-16(18)17(19)11-15/h3-8,11,13,20H,9-10H2,1-2H3. The molecule has 0 aromatic heterocycles. The van der Waals surface area contributed by atoms with Gasteiger partial charge in [0, 0.05) is 6.04 Å². The van der Waals surface area contributed by atoms with Gasteiger partial charge in [0.2, 0.25) is 0 Å². The second-order valence-electron chi connectivity index (χ2n) is 5.03. The molecule has 1 N–H and O–H groups in total. The van der Waals surface area contributed by atoms with E-state index in [2.05, 4.69) is 30.4 Å². The molecule has 2 rings (SSSR count). The van der Waals surface area contributed by atoms with Gasteiger partial charge < -0.3 is 5.32 Å². The van der Waals surface area contributed by atoms with Gasteiger partial charge in [-0.2, -0.15) is 0 Å². The number of aryl methyl sites for hydroxylation is 1. The van der Waals surface area contributed by atoms with E-state index in [0.717, 1.165) is 18.5 Å². The minimum atomic E-state index is -0.364. The van der Waals surface area contributed by atoms with Crippen LogP contribution in [0.1, 0.15) is 29.7 Å². The van der Waals surface area contributed by atoms with Crippen LogP contribution in [0.2, 0.25) is 5.02 Å².